The Morgan fingerprint density at radius 1 is 1.56 bits per heavy atom. The zero-order chi connectivity index (χ0) is 6.74. The van der Waals surface area contributed by atoms with E-state index in [0.29, 0.717) is 0 Å². The topological polar surface area (TPSA) is 26.0 Å². The summed E-state index contributed by atoms with van der Waals surface area (Å²) in [5.41, 5.74) is 5.92. The van der Waals surface area contributed by atoms with Gasteiger partial charge in [0, 0.05) is 5.54 Å². The van der Waals surface area contributed by atoms with Crippen LogP contribution in [0.5, 0.6) is 0 Å². The van der Waals surface area contributed by atoms with Gasteiger partial charge in [-0.1, -0.05) is 25.5 Å². The van der Waals surface area contributed by atoms with Crippen molar-refractivity contribution in [1.82, 2.24) is 0 Å². The highest BCUT2D eigenvalue weighted by Gasteiger charge is 2.34. The van der Waals surface area contributed by atoms with Crippen LogP contribution in [0.2, 0.25) is 0 Å². The summed E-state index contributed by atoms with van der Waals surface area (Å²) in [5.74, 6) is 0. The molecule has 0 aliphatic heterocycles. The third-order valence-corrected chi connectivity index (χ3v) is 1.73. The summed E-state index contributed by atoms with van der Waals surface area (Å²) in [6.07, 6.45) is 9.15. The van der Waals surface area contributed by atoms with Gasteiger partial charge >= 0.3 is 0 Å². The minimum atomic E-state index is 0.120. The van der Waals surface area contributed by atoms with E-state index < -0.39 is 0 Å². The number of hydrogen-bond donors (Lipinski definition) is 1. The molecule has 52 valence electrons. The van der Waals surface area contributed by atoms with Gasteiger partial charge in [0.2, 0.25) is 0 Å². The maximum atomic E-state index is 5.80. The normalized spacial score (nSPS) is 22.9. The van der Waals surface area contributed by atoms with Crippen LogP contribution in [0.4, 0.5) is 0 Å². The van der Waals surface area contributed by atoms with E-state index in [1.807, 2.05) is 0 Å². The number of unbranched alkanes of at least 4 members (excludes halogenated alkanes) is 1. The first-order chi connectivity index (χ1) is 4.27. The van der Waals surface area contributed by atoms with Crippen molar-refractivity contribution in [3.05, 3.63) is 12.2 Å². The maximum absolute atomic E-state index is 5.80. The average molecular weight is 125 g/mol. The zero-order valence-electron chi connectivity index (χ0n) is 6.06. The molecule has 1 rings (SSSR count). The van der Waals surface area contributed by atoms with E-state index in [-0.39, 0.29) is 5.54 Å². The van der Waals surface area contributed by atoms with Gasteiger partial charge in [0.25, 0.3) is 0 Å². The molecule has 0 radical (unpaired) electrons. The molecule has 0 saturated heterocycles. The molecular weight excluding hydrogens is 110 g/mol. The quantitative estimate of drug-likeness (QED) is 0.572. The van der Waals surface area contributed by atoms with E-state index in [1.165, 1.54) is 25.7 Å². The monoisotopic (exact) mass is 125 g/mol. The van der Waals surface area contributed by atoms with Crippen molar-refractivity contribution >= 4 is 0 Å². The van der Waals surface area contributed by atoms with Crippen molar-refractivity contribution in [2.45, 2.75) is 38.1 Å². The van der Waals surface area contributed by atoms with E-state index in [4.69, 9.17) is 5.73 Å². The number of nitrogens with two attached hydrogens (primary N) is 1. The van der Waals surface area contributed by atoms with Gasteiger partial charge in [-0.15, -0.1) is 0 Å². The lowest BCUT2D eigenvalue weighted by molar-refractivity contribution is 0.841. The highest BCUT2D eigenvalue weighted by Crippen LogP contribution is 2.33. The molecule has 0 spiro atoms. The molecule has 0 aromatic rings. The third kappa shape index (κ3) is 2.19. The van der Waals surface area contributed by atoms with Gasteiger partial charge in [0.05, 0.1) is 0 Å². The zero-order valence-corrected chi connectivity index (χ0v) is 6.06. The molecule has 1 saturated carbocycles. The van der Waals surface area contributed by atoms with Gasteiger partial charge in [-0.05, 0) is 19.3 Å². The Balaban J connectivity index is 2.15. The Labute approximate surface area is 56.9 Å². The molecule has 0 atom stereocenters. The molecule has 1 fully saturated rings. The molecule has 0 aromatic heterocycles. The Kier molecular flexibility index (Phi) is 1.91. The van der Waals surface area contributed by atoms with Crippen LogP contribution in [-0.2, 0) is 0 Å². The van der Waals surface area contributed by atoms with E-state index in [0.717, 1.165) is 0 Å². The van der Waals surface area contributed by atoms with Gasteiger partial charge in [-0.2, -0.15) is 0 Å². The van der Waals surface area contributed by atoms with Crippen LogP contribution in [0.15, 0.2) is 12.2 Å². The number of rotatable bonds is 3. The lowest BCUT2D eigenvalue weighted by atomic mass is 10.2. The lowest BCUT2D eigenvalue weighted by Gasteiger charge is -1.96. The summed E-state index contributed by atoms with van der Waals surface area (Å²) in [4.78, 5) is 0. The molecule has 1 heteroatoms. The van der Waals surface area contributed by atoms with Crippen LogP contribution in [-0.4, -0.2) is 5.54 Å². The van der Waals surface area contributed by atoms with Crippen LogP contribution >= 0.6 is 0 Å². The van der Waals surface area contributed by atoms with Gasteiger partial charge in [-0.25, -0.2) is 0 Å². The minimum Gasteiger partial charge on any atom is -0.322 e. The van der Waals surface area contributed by atoms with Crippen molar-refractivity contribution in [2.75, 3.05) is 0 Å². The standard InChI is InChI=1S/C8H15N/c1-2-3-4-5-8(9)6-7-8/h4-5H,2-3,6-7,9H2,1H3/b5-4+. The van der Waals surface area contributed by atoms with Crippen LogP contribution in [0.1, 0.15) is 32.6 Å². The second-order valence-electron chi connectivity index (χ2n) is 2.92. The summed E-state index contributed by atoms with van der Waals surface area (Å²) in [5, 5.41) is 0. The molecule has 9 heavy (non-hydrogen) atoms. The first kappa shape index (κ1) is 6.81. The first-order valence-electron chi connectivity index (χ1n) is 3.73. The minimum absolute atomic E-state index is 0.120. The summed E-state index contributed by atoms with van der Waals surface area (Å²) < 4.78 is 0. The van der Waals surface area contributed by atoms with Crippen LogP contribution in [0.25, 0.3) is 0 Å². The lowest BCUT2D eigenvalue weighted by Crippen LogP contribution is -2.17. The Hall–Kier alpha value is -0.300. The van der Waals surface area contributed by atoms with Gasteiger partial charge in [-0.3, -0.25) is 0 Å². The Bertz CT molecular complexity index is 112. The largest absolute Gasteiger partial charge is 0.322 e. The molecule has 1 nitrogen and oxygen atoms in total. The summed E-state index contributed by atoms with van der Waals surface area (Å²) in [7, 11) is 0. The van der Waals surface area contributed by atoms with Gasteiger partial charge in [0.15, 0.2) is 0 Å². The predicted molar refractivity (Wildman–Crippen MR) is 40.2 cm³/mol. The second-order valence-corrected chi connectivity index (χ2v) is 2.92. The molecule has 1 aliphatic carbocycles. The average Bonchev–Trinajstić information content (AvgIpc) is 2.50. The number of allylic oxidation sites excluding steroid dienone is 1. The fourth-order valence-corrected chi connectivity index (χ4v) is 0.796. The van der Waals surface area contributed by atoms with Crippen LogP contribution in [0, 0.1) is 0 Å². The van der Waals surface area contributed by atoms with Crippen LogP contribution < -0.4 is 5.73 Å². The van der Waals surface area contributed by atoms with E-state index in [9.17, 15) is 0 Å². The van der Waals surface area contributed by atoms with Gasteiger partial charge in [0.1, 0.15) is 0 Å². The highest BCUT2D eigenvalue weighted by molar-refractivity contribution is 5.14. The molecule has 1 aliphatic rings. The van der Waals surface area contributed by atoms with Crippen molar-refractivity contribution in [3.8, 4) is 0 Å². The molecular formula is C8H15N. The summed E-state index contributed by atoms with van der Waals surface area (Å²) >= 11 is 0. The van der Waals surface area contributed by atoms with Crippen molar-refractivity contribution in [3.63, 3.8) is 0 Å². The molecule has 0 bridgehead atoms. The molecule has 0 heterocycles. The van der Waals surface area contributed by atoms with Gasteiger partial charge < -0.3 is 5.73 Å². The second kappa shape index (κ2) is 2.53. The van der Waals surface area contributed by atoms with Crippen molar-refractivity contribution in [2.24, 2.45) is 5.73 Å². The summed E-state index contributed by atoms with van der Waals surface area (Å²) in [6, 6.07) is 0. The smallest absolute Gasteiger partial charge is 0.0340 e. The van der Waals surface area contributed by atoms with Crippen molar-refractivity contribution in [1.29, 1.82) is 0 Å². The molecule has 0 aromatic carbocycles. The SMILES string of the molecule is CCC/C=C/C1(N)CC1. The van der Waals surface area contributed by atoms with E-state index in [2.05, 4.69) is 19.1 Å². The highest BCUT2D eigenvalue weighted by atomic mass is 14.8. The van der Waals surface area contributed by atoms with E-state index >= 15 is 0 Å². The first-order valence-corrected chi connectivity index (χ1v) is 3.73. The maximum Gasteiger partial charge on any atom is 0.0340 e. The Morgan fingerprint density at radius 2 is 2.22 bits per heavy atom. The predicted octanol–water partition coefficient (Wildman–Crippen LogP) is 1.83. The third-order valence-electron chi connectivity index (χ3n) is 1.73. The molecule has 2 N–H and O–H groups in total. The Morgan fingerprint density at radius 3 is 2.67 bits per heavy atom. The van der Waals surface area contributed by atoms with Crippen molar-refractivity contribution < 1.29 is 0 Å². The summed E-state index contributed by atoms with van der Waals surface area (Å²) in [6.45, 7) is 2.18. The molecule has 0 unspecified atom stereocenters. The van der Waals surface area contributed by atoms with Crippen LogP contribution in [0.3, 0.4) is 0 Å². The fourth-order valence-electron chi connectivity index (χ4n) is 0.796. The molecule has 0 amide bonds. The fraction of sp³-hybridized carbons (Fsp3) is 0.750. The van der Waals surface area contributed by atoms with E-state index in [1.54, 1.807) is 0 Å². The number of hydrogen-bond acceptors (Lipinski definition) is 1.